The minimum atomic E-state index is -0.810. The van der Waals surface area contributed by atoms with Crippen molar-refractivity contribution in [1.82, 2.24) is 0 Å². The molecule has 0 aromatic heterocycles. The highest BCUT2D eigenvalue weighted by atomic mass is 16.8. The fourth-order valence-electron chi connectivity index (χ4n) is 7.85. The van der Waals surface area contributed by atoms with E-state index in [0.29, 0.717) is 70.9 Å². The Morgan fingerprint density at radius 3 is 2.21 bits per heavy atom. The Hall–Kier alpha value is -3.68. The lowest BCUT2D eigenvalue weighted by molar-refractivity contribution is -0.183. The van der Waals surface area contributed by atoms with Crippen molar-refractivity contribution in [3.63, 3.8) is 0 Å². The molecule has 6 aliphatic rings. The van der Waals surface area contributed by atoms with Crippen LogP contribution in [0, 0.1) is 17.8 Å². The smallest absolute Gasteiger partial charge is 0.465 e. The van der Waals surface area contributed by atoms with Gasteiger partial charge in [0.2, 0.25) is 25.2 Å². The van der Waals surface area contributed by atoms with E-state index < -0.39 is 49.5 Å². The predicted octanol–water partition coefficient (Wildman–Crippen LogP) is 4.57. The summed E-state index contributed by atoms with van der Waals surface area (Å²) in [4.78, 5) is 49.1. The van der Waals surface area contributed by atoms with Crippen molar-refractivity contribution < 1.29 is 80.8 Å². The molecule has 6 fully saturated rings. The predicted molar refractivity (Wildman–Crippen MR) is 196 cm³/mol. The Kier molecular flexibility index (Phi) is 15.8. The topological polar surface area (TPSA) is 188 Å². The molecule has 0 saturated carbocycles. The zero-order chi connectivity index (χ0) is 40.1. The van der Waals surface area contributed by atoms with Gasteiger partial charge < -0.3 is 61.6 Å². The van der Waals surface area contributed by atoms with E-state index in [0.717, 1.165) is 37.7 Å². The van der Waals surface area contributed by atoms with Crippen LogP contribution in [0.25, 0.3) is 6.08 Å². The highest BCUT2D eigenvalue weighted by molar-refractivity contribution is 5.87. The molecule has 58 heavy (non-hydrogen) atoms. The molecule has 0 spiro atoms. The van der Waals surface area contributed by atoms with Crippen molar-refractivity contribution in [3.8, 4) is 5.75 Å². The summed E-state index contributed by atoms with van der Waals surface area (Å²) in [6.07, 6.45) is 5.56. The number of ether oxygens (including phenoxy) is 13. The second kappa shape index (κ2) is 21.5. The minimum absolute atomic E-state index is 0.0313. The van der Waals surface area contributed by atoms with E-state index >= 15 is 0 Å². The summed E-state index contributed by atoms with van der Waals surface area (Å²) in [7, 11) is 0. The molecule has 6 saturated heterocycles. The van der Waals surface area contributed by atoms with Gasteiger partial charge >= 0.3 is 18.1 Å². The highest BCUT2D eigenvalue weighted by Gasteiger charge is 2.43. The lowest BCUT2D eigenvalue weighted by atomic mass is 9.89. The Balaban J connectivity index is 0.775. The van der Waals surface area contributed by atoms with Gasteiger partial charge in [-0.3, -0.25) is 9.59 Å². The number of esters is 2. The first-order chi connectivity index (χ1) is 28.3. The summed E-state index contributed by atoms with van der Waals surface area (Å²) in [6, 6.07) is 7.25. The van der Waals surface area contributed by atoms with E-state index in [1.54, 1.807) is 18.2 Å². The van der Waals surface area contributed by atoms with Crippen LogP contribution in [0.4, 0.5) is 4.79 Å². The van der Waals surface area contributed by atoms with Crippen LogP contribution in [0.3, 0.4) is 0 Å². The first kappa shape index (κ1) is 42.4. The monoisotopic (exact) mass is 818 g/mol. The normalized spacial score (nSPS) is 32.1. The third kappa shape index (κ3) is 12.7. The molecule has 7 rings (SSSR count). The molecule has 1 aromatic rings. The van der Waals surface area contributed by atoms with E-state index in [9.17, 15) is 19.2 Å². The standard InChI is InChI=1S/C41H54O17/c42-28(24-52-35-5-2-17-46-35)25-53-38-22-27(23-51-38)30-15-20-48-39(30)57-34(44)13-9-26-7-10-29(11-8-26)54-40-31(16-21-49-40)32-12-14-37(55-32)56-33(43)4-1-19-50-41(45)58-36-6-3-18-47-36/h7-11,13,27,30-32,35-40H,1-6,12,14-25H2/b13-9+. The van der Waals surface area contributed by atoms with Crippen molar-refractivity contribution in [2.24, 2.45) is 17.8 Å². The molecule has 0 N–H and O–H groups in total. The summed E-state index contributed by atoms with van der Waals surface area (Å²) in [5, 5.41) is 0. The first-order valence-corrected chi connectivity index (χ1v) is 20.5. The van der Waals surface area contributed by atoms with Gasteiger partial charge in [0.1, 0.15) is 19.0 Å². The van der Waals surface area contributed by atoms with Gasteiger partial charge in [-0.15, -0.1) is 0 Å². The van der Waals surface area contributed by atoms with Crippen molar-refractivity contribution in [2.45, 2.75) is 114 Å². The van der Waals surface area contributed by atoms with Crippen LogP contribution in [-0.2, 0) is 71.2 Å². The van der Waals surface area contributed by atoms with Gasteiger partial charge in [-0.1, -0.05) is 12.1 Å². The van der Waals surface area contributed by atoms with Gasteiger partial charge in [0.15, 0.2) is 18.4 Å². The number of ketones is 1. The first-order valence-electron chi connectivity index (χ1n) is 20.5. The van der Waals surface area contributed by atoms with Crippen LogP contribution < -0.4 is 4.74 Å². The lowest BCUT2D eigenvalue weighted by Gasteiger charge is -2.25. The van der Waals surface area contributed by atoms with Gasteiger partial charge in [0.05, 0.1) is 45.1 Å². The third-order valence-electron chi connectivity index (χ3n) is 10.9. The van der Waals surface area contributed by atoms with Gasteiger partial charge in [-0.2, -0.15) is 0 Å². The largest absolute Gasteiger partial charge is 0.510 e. The van der Waals surface area contributed by atoms with Crippen LogP contribution in [0.1, 0.15) is 76.2 Å². The van der Waals surface area contributed by atoms with Gasteiger partial charge in [0, 0.05) is 50.7 Å². The number of benzene rings is 1. The fourth-order valence-corrected chi connectivity index (χ4v) is 7.85. The van der Waals surface area contributed by atoms with Crippen LogP contribution >= 0.6 is 0 Å². The van der Waals surface area contributed by atoms with E-state index in [-0.39, 0.29) is 62.2 Å². The average molecular weight is 819 g/mol. The number of carbonyl (C=O) groups is 4. The maximum atomic E-state index is 12.8. The molecular formula is C41H54O17. The maximum Gasteiger partial charge on any atom is 0.510 e. The van der Waals surface area contributed by atoms with E-state index in [1.165, 1.54) is 6.08 Å². The second-order valence-corrected chi connectivity index (χ2v) is 15.1. The Bertz CT molecular complexity index is 1520. The molecule has 10 unspecified atom stereocenters. The van der Waals surface area contributed by atoms with E-state index in [2.05, 4.69) is 0 Å². The minimum Gasteiger partial charge on any atom is -0.465 e. The SMILES string of the molecule is O=C(COC1CCCO1)COC1CC(C2CCOC2OC(=O)/C=C/c2ccc(OC3OCCC3C3CCC(OC(=O)CCCOC(=O)OC4CCCO4)O3)cc2)CO1. The molecule has 17 nitrogen and oxygen atoms in total. The number of hydrogen-bond donors (Lipinski definition) is 0. The molecule has 320 valence electrons. The molecule has 0 aliphatic carbocycles. The molecule has 0 radical (unpaired) electrons. The van der Waals surface area contributed by atoms with Crippen molar-refractivity contribution in [1.29, 1.82) is 0 Å². The number of Topliss-reactive ketones (excluding diaryl/α,β-unsaturated/α-hetero) is 1. The molecule has 10 atom stereocenters. The summed E-state index contributed by atoms with van der Waals surface area (Å²) in [5.74, 6) is -0.581. The summed E-state index contributed by atoms with van der Waals surface area (Å²) < 4.78 is 72.8. The molecule has 0 amide bonds. The Labute approximate surface area is 337 Å². The van der Waals surface area contributed by atoms with Crippen molar-refractivity contribution in [2.75, 3.05) is 52.9 Å². The molecule has 0 bridgehead atoms. The summed E-state index contributed by atoms with van der Waals surface area (Å²) in [6.45, 7) is 2.48. The van der Waals surface area contributed by atoms with Crippen LogP contribution in [0.2, 0.25) is 0 Å². The fraction of sp³-hybridized carbons (Fsp3) is 0.707. The second-order valence-electron chi connectivity index (χ2n) is 15.1. The van der Waals surface area contributed by atoms with Crippen LogP contribution in [-0.4, -0.2) is 121 Å². The average Bonchev–Trinajstić information content (AvgIpc) is 4.07. The summed E-state index contributed by atoms with van der Waals surface area (Å²) >= 11 is 0. The van der Waals surface area contributed by atoms with Gasteiger partial charge in [-0.25, -0.2) is 9.59 Å². The van der Waals surface area contributed by atoms with E-state index in [4.69, 9.17) is 61.6 Å². The van der Waals surface area contributed by atoms with Gasteiger partial charge in [0.25, 0.3) is 0 Å². The number of hydrogen-bond acceptors (Lipinski definition) is 17. The van der Waals surface area contributed by atoms with Gasteiger partial charge in [-0.05, 0) is 68.2 Å². The van der Waals surface area contributed by atoms with Crippen LogP contribution in [0.15, 0.2) is 30.3 Å². The molecule has 6 heterocycles. The zero-order valence-corrected chi connectivity index (χ0v) is 32.6. The number of rotatable bonds is 19. The quantitative estimate of drug-likeness (QED) is 0.0817. The van der Waals surface area contributed by atoms with E-state index in [1.807, 2.05) is 12.1 Å². The molecule has 6 aliphatic heterocycles. The highest BCUT2D eigenvalue weighted by Crippen LogP contribution is 2.37. The lowest BCUT2D eigenvalue weighted by Crippen LogP contribution is -2.33. The molecular weight excluding hydrogens is 764 g/mol. The Morgan fingerprint density at radius 1 is 0.690 bits per heavy atom. The maximum absolute atomic E-state index is 12.8. The Morgan fingerprint density at radius 2 is 1.43 bits per heavy atom. The van der Waals surface area contributed by atoms with Crippen LogP contribution in [0.5, 0.6) is 5.75 Å². The van der Waals surface area contributed by atoms with Crippen molar-refractivity contribution >= 4 is 30.0 Å². The molecule has 1 aromatic carbocycles. The van der Waals surface area contributed by atoms with Crippen molar-refractivity contribution in [3.05, 3.63) is 35.9 Å². The summed E-state index contributed by atoms with van der Waals surface area (Å²) in [5.41, 5.74) is 0.769. The molecule has 17 heteroatoms. The third-order valence-corrected chi connectivity index (χ3v) is 10.9. The number of carbonyl (C=O) groups excluding carboxylic acids is 4. The zero-order valence-electron chi connectivity index (χ0n) is 32.6.